The van der Waals surface area contributed by atoms with Gasteiger partial charge in [-0.1, -0.05) is 118 Å². The Morgan fingerprint density at radius 3 is 0.536 bits per heavy atom. The van der Waals surface area contributed by atoms with Gasteiger partial charge in [-0.3, -0.25) is 0 Å². The normalized spacial score (nSPS) is 21.6. The van der Waals surface area contributed by atoms with Crippen molar-refractivity contribution in [1.29, 1.82) is 0 Å². The fourth-order valence-corrected chi connectivity index (χ4v) is 673. The van der Waals surface area contributed by atoms with Crippen molar-refractivity contribution in [3.05, 3.63) is 0 Å². The maximum Gasteiger partial charge on any atom is 0.0463 e. The van der Waals surface area contributed by atoms with Gasteiger partial charge in [-0.15, -0.1) is 0 Å². The highest BCUT2D eigenvalue weighted by Crippen LogP contribution is 2.53. The summed E-state index contributed by atoms with van der Waals surface area (Å²) in [4.78, 5) is 0. The van der Waals surface area contributed by atoms with E-state index in [1.165, 1.54) is 0 Å². The summed E-state index contributed by atoms with van der Waals surface area (Å²) in [6.45, 7) is 52.4. The van der Waals surface area contributed by atoms with Crippen LogP contribution in [0.25, 0.3) is 0 Å². The Labute approximate surface area is 188 Å². The zero-order chi connectivity index (χ0) is 23.2. The van der Waals surface area contributed by atoms with Crippen molar-refractivity contribution < 1.29 is 0 Å². The summed E-state index contributed by atoms with van der Waals surface area (Å²) in [5.41, 5.74) is 0. The second kappa shape index (κ2) is 7.34. The van der Waals surface area contributed by atoms with Crippen LogP contribution in [0.2, 0.25) is 118 Å². The standard InChI is InChI=1S/C18H54Si10/c1-21(2,3)19-20(22(4,5)6)28(25(13,14)15,26(16,17)18)27(19,23(7,8)9)24(10,11)12/h1-18H3. The molecule has 166 valence electrons. The Kier molecular flexibility index (Phi) is 7.39. The van der Waals surface area contributed by atoms with Gasteiger partial charge in [0.1, 0.15) is 0 Å². The number of hydrogen-bond acceptors (Lipinski definition) is 0. The SMILES string of the molecule is C[Si](C)(C)[Si]1=[Si]([Si](C)(C)C)[Si]([Si](C)(C)C)([Si](C)(C)C)[Si]1([Si](C)(C)C)[Si](C)(C)C. The van der Waals surface area contributed by atoms with E-state index in [1.807, 2.05) is 0 Å². The molecule has 0 spiro atoms. The molecular formula is C18H54Si10. The Morgan fingerprint density at radius 2 is 0.464 bits per heavy atom. The van der Waals surface area contributed by atoms with Crippen LogP contribution in [0.3, 0.4) is 0 Å². The van der Waals surface area contributed by atoms with E-state index in [9.17, 15) is 0 Å². The average Bonchev–Trinajstić information content (AvgIpc) is 2.13. The molecule has 0 amide bonds. The highest BCUT2D eigenvalue weighted by Gasteiger charge is 2.83. The van der Waals surface area contributed by atoms with Crippen LogP contribution >= 0.6 is 0 Å². The maximum absolute atomic E-state index is 2.94. The molecule has 28 heavy (non-hydrogen) atoms. The van der Waals surface area contributed by atoms with Crippen LogP contribution in [0, 0.1) is 0 Å². The first-order valence-corrected chi connectivity index (χ1v) is 49.5. The highest BCUT2D eigenvalue weighted by molar-refractivity contribution is 8.40. The third-order valence-corrected chi connectivity index (χ3v) is 289. The summed E-state index contributed by atoms with van der Waals surface area (Å²) >= 11 is 0. The smallest absolute Gasteiger partial charge is 0.0463 e. The van der Waals surface area contributed by atoms with Crippen molar-refractivity contribution in [2.75, 3.05) is 0 Å². The summed E-state index contributed by atoms with van der Waals surface area (Å²) in [5, 5.41) is 0. The van der Waals surface area contributed by atoms with Crippen molar-refractivity contribution in [2.45, 2.75) is 118 Å². The van der Waals surface area contributed by atoms with Crippen molar-refractivity contribution in [3.8, 4) is 0 Å². The molecule has 1 aliphatic rings. The largest absolute Gasteiger partial charge is 0.0719 e. The zero-order valence-corrected chi connectivity index (χ0v) is 33.0. The lowest BCUT2D eigenvalue weighted by Crippen LogP contribution is -3.13. The van der Waals surface area contributed by atoms with Gasteiger partial charge >= 0.3 is 0 Å². The van der Waals surface area contributed by atoms with E-state index < -0.39 is 57.8 Å². The van der Waals surface area contributed by atoms with Crippen LogP contribution in [-0.4, -0.2) is 71.7 Å². The molecular weight excluding hydrogens is 497 g/mol. The van der Waals surface area contributed by atoms with Crippen LogP contribution in [-0.2, 0) is 0 Å². The lowest BCUT2D eigenvalue weighted by Gasteiger charge is -2.80. The van der Waals surface area contributed by atoms with Crippen LogP contribution in [0.15, 0.2) is 0 Å². The van der Waals surface area contributed by atoms with Gasteiger partial charge in [-0.25, -0.2) is 0 Å². The van der Waals surface area contributed by atoms with Crippen LogP contribution in [0.4, 0.5) is 0 Å². The quantitative estimate of drug-likeness (QED) is 0.323. The molecule has 0 aromatic rings. The average molecular weight is 551 g/mol. The first-order chi connectivity index (χ1) is 11.7. The van der Waals surface area contributed by atoms with Gasteiger partial charge in [0.15, 0.2) is 0 Å². The van der Waals surface area contributed by atoms with Crippen molar-refractivity contribution in [2.24, 2.45) is 0 Å². The van der Waals surface area contributed by atoms with Gasteiger partial charge in [0.2, 0.25) is 0 Å². The molecule has 1 rings (SSSR count). The molecule has 0 aromatic carbocycles. The van der Waals surface area contributed by atoms with Crippen LogP contribution < -0.4 is 0 Å². The van der Waals surface area contributed by atoms with Crippen molar-refractivity contribution >= 4 is 71.7 Å². The van der Waals surface area contributed by atoms with Crippen molar-refractivity contribution in [3.63, 3.8) is 0 Å². The van der Waals surface area contributed by atoms with Crippen LogP contribution in [0.1, 0.15) is 0 Å². The Balaban J connectivity index is 4.60. The Morgan fingerprint density at radius 1 is 0.321 bits per heavy atom. The van der Waals surface area contributed by atoms with Gasteiger partial charge in [-0.05, 0) is 13.9 Å². The minimum Gasteiger partial charge on any atom is -0.0719 e. The Hall–Kier alpha value is 2.17. The van der Waals surface area contributed by atoms with E-state index in [2.05, 4.69) is 118 Å². The molecule has 0 N–H and O–H groups in total. The minimum atomic E-state index is -1.15. The van der Waals surface area contributed by atoms with Gasteiger partial charge in [0, 0.05) is 57.8 Å². The van der Waals surface area contributed by atoms with Gasteiger partial charge in [0.05, 0.1) is 0 Å². The summed E-state index contributed by atoms with van der Waals surface area (Å²) in [7, 11) is -6.71. The van der Waals surface area contributed by atoms with Gasteiger partial charge in [-0.2, -0.15) is 0 Å². The van der Waals surface area contributed by atoms with Gasteiger partial charge < -0.3 is 0 Å². The lowest BCUT2D eigenvalue weighted by atomic mass is 11.8. The second-order valence-corrected chi connectivity index (χ2v) is 128. The fraction of sp³-hybridized carbons (Fsp3) is 1.00. The van der Waals surface area contributed by atoms with E-state index in [4.69, 9.17) is 0 Å². The molecule has 1 heterocycles. The maximum atomic E-state index is 2.94. The molecule has 0 saturated heterocycles. The minimum absolute atomic E-state index is 0.0465. The van der Waals surface area contributed by atoms with E-state index in [0.717, 1.165) is 0 Å². The molecule has 1 aliphatic heterocycles. The van der Waals surface area contributed by atoms with E-state index in [-0.39, 0.29) is 13.9 Å². The number of hydrogen-bond donors (Lipinski definition) is 0. The molecule has 0 unspecified atom stereocenters. The third-order valence-electron chi connectivity index (χ3n) is 7.56. The monoisotopic (exact) mass is 550 g/mol. The summed E-state index contributed by atoms with van der Waals surface area (Å²) in [5.74, 6) is 0. The summed E-state index contributed by atoms with van der Waals surface area (Å²) in [6.07, 6.45) is -2.30. The molecule has 0 aliphatic carbocycles. The fourth-order valence-electron chi connectivity index (χ4n) is 8.56. The highest BCUT2D eigenvalue weighted by atomic mass is 30.6. The molecule has 0 fully saturated rings. The first-order valence-electron chi connectivity index (χ1n) is 11.5. The summed E-state index contributed by atoms with van der Waals surface area (Å²) < 4.78 is 0. The molecule has 0 atom stereocenters. The Bertz CT molecular complexity index is 565. The molecule has 0 bridgehead atoms. The molecule has 0 aromatic heterocycles. The van der Waals surface area contributed by atoms with E-state index in [0.29, 0.717) is 0 Å². The number of rotatable bonds is 6. The van der Waals surface area contributed by atoms with E-state index >= 15 is 0 Å². The van der Waals surface area contributed by atoms with Crippen LogP contribution in [0.5, 0.6) is 0 Å². The lowest BCUT2D eigenvalue weighted by molar-refractivity contribution is 1.76. The third kappa shape index (κ3) is 3.68. The molecule has 0 saturated carbocycles. The predicted octanol–water partition coefficient (Wildman–Crippen LogP) is 6.70. The molecule has 0 nitrogen and oxygen atoms in total. The van der Waals surface area contributed by atoms with E-state index in [1.54, 1.807) is 0 Å². The zero-order valence-electron chi connectivity index (χ0n) is 23.0. The predicted molar refractivity (Wildman–Crippen MR) is 163 cm³/mol. The van der Waals surface area contributed by atoms with Gasteiger partial charge in [0.25, 0.3) is 0 Å². The topological polar surface area (TPSA) is 0 Å². The second-order valence-electron chi connectivity index (χ2n) is 15.8. The summed E-state index contributed by atoms with van der Waals surface area (Å²) in [6, 6.07) is 0. The van der Waals surface area contributed by atoms with Crippen molar-refractivity contribution in [1.82, 2.24) is 0 Å². The molecule has 10 heteroatoms. The molecule has 0 radical (unpaired) electrons. The first kappa shape index (κ1) is 28.2.